The zero-order valence-corrected chi connectivity index (χ0v) is 22.7. The van der Waals surface area contributed by atoms with Gasteiger partial charge in [0, 0.05) is 11.1 Å². The van der Waals surface area contributed by atoms with E-state index >= 15 is 0 Å². The number of halogens is 1. The van der Waals surface area contributed by atoms with Crippen molar-refractivity contribution in [3.63, 3.8) is 0 Å². The highest BCUT2D eigenvalue weighted by Gasteiger charge is 2.62. The number of rotatable bonds is 4. The highest BCUT2D eigenvalue weighted by molar-refractivity contribution is 8.15. The summed E-state index contributed by atoms with van der Waals surface area (Å²) in [4.78, 5) is 22.3. The van der Waals surface area contributed by atoms with E-state index < -0.39 is 15.9 Å². The summed E-state index contributed by atoms with van der Waals surface area (Å²) in [6.07, 6.45) is 6.08. The van der Waals surface area contributed by atoms with Crippen LogP contribution in [0.3, 0.4) is 0 Å². The summed E-state index contributed by atoms with van der Waals surface area (Å²) in [6.45, 7) is 0. The fourth-order valence-electron chi connectivity index (χ4n) is 8.02. The molecule has 0 amide bonds. The summed E-state index contributed by atoms with van der Waals surface area (Å²) in [5.74, 6) is 3.24. The average Bonchev–Trinajstić information content (AvgIpc) is 3.47. The lowest BCUT2D eigenvalue weighted by Crippen LogP contribution is -2.76. The molecule has 0 aromatic heterocycles. The topological polar surface area (TPSA) is 142 Å². The van der Waals surface area contributed by atoms with Gasteiger partial charge in [0.2, 0.25) is 5.17 Å². The second-order valence-corrected chi connectivity index (χ2v) is 13.2. The summed E-state index contributed by atoms with van der Waals surface area (Å²) in [5.41, 5.74) is 7.39. The maximum Gasteiger partial charge on any atom is 0.301 e. The molecule has 1 spiro atoms. The molecule has 14 heteroatoms. The van der Waals surface area contributed by atoms with Crippen molar-refractivity contribution in [1.82, 2.24) is 15.9 Å². The van der Waals surface area contributed by atoms with Gasteiger partial charge in [0.1, 0.15) is 16.6 Å². The largest absolute Gasteiger partial charge is 0.301 e. The second-order valence-electron chi connectivity index (χ2n) is 11.7. The summed E-state index contributed by atoms with van der Waals surface area (Å²) in [5, 5.41) is 38.1. The molecular weight excluding hydrogens is 556 g/mol. The number of nitro benzene ring substituents is 2. The fourth-order valence-corrected chi connectivity index (χ4v) is 9.38. The third-order valence-corrected chi connectivity index (χ3v) is 11.0. The number of benzene rings is 2. The smallest absolute Gasteiger partial charge is 0.285 e. The lowest BCUT2D eigenvalue weighted by Gasteiger charge is -2.62. The molecule has 40 heavy (non-hydrogen) atoms. The molecule has 2 aromatic carbocycles. The number of nitrogens with one attached hydrogen (secondary N) is 2. The maximum absolute atomic E-state index is 12.1. The van der Waals surface area contributed by atoms with Gasteiger partial charge in [-0.05, 0) is 79.5 Å². The van der Waals surface area contributed by atoms with Crippen LogP contribution >= 0.6 is 23.4 Å². The number of thioether (sulfide) groups is 1. The molecule has 3 aliphatic heterocycles. The van der Waals surface area contributed by atoms with E-state index in [-0.39, 0.29) is 28.0 Å². The Bertz CT molecular complexity index is 1490. The zero-order chi connectivity index (χ0) is 27.3. The summed E-state index contributed by atoms with van der Waals surface area (Å²) < 4.78 is 0. The van der Waals surface area contributed by atoms with E-state index in [1.807, 2.05) is 17.1 Å². The highest BCUT2D eigenvalue weighted by Crippen LogP contribution is 2.59. The van der Waals surface area contributed by atoms with Crippen LogP contribution < -0.4 is 15.9 Å². The number of hydrogen-bond acceptors (Lipinski definition) is 11. The van der Waals surface area contributed by atoms with Gasteiger partial charge in [0.05, 0.1) is 22.0 Å². The van der Waals surface area contributed by atoms with Gasteiger partial charge in [0.15, 0.2) is 5.84 Å². The van der Waals surface area contributed by atoms with Crippen LogP contribution in [0.15, 0.2) is 52.7 Å². The molecule has 2 N–H and O–H groups in total. The Morgan fingerprint density at radius 2 is 1.68 bits per heavy atom. The van der Waals surface area contributed by atoms with Gasteiger partial charge in [0.25, 0.3) is 5.69 Å². The van der Waals surface area contributed by atoms with Gasteiger partial charge in [-0.2, -0.15) is 15.6 Å². The molecule has 9 rings (SSSR count). The number of anilines is 1. The van der Waals surface area contributed by atoms with E-state index in [1.165, 1.54) is 44.2 Å². The molecule has 4 saturated carbocycles. The van der Waals surface area contributed by atoms with Gasteiger partial charge >= 0.3 is 5.69 Å². The van der Waals surface area contributed by atoms with Crippen molar-refractivity contribution in [2.45, 2.75) is 49.1 Å². The third kappa shape index (κ3) is 3.43. The SMILES string of the molecule is O=[N+]([O-])c1ccc(N2N=C3C(SC4=NNC5(NN43)C3CC4CC(C3)CC5C4)C2c2ccc(Cl)cc2)c([N+](=O)[O-])c1. The Kier molecular flexibility index (Phi) is 5.21. The predicted octanol–water partition coefficient (Wildman–Crippen LogP) is 4.98. The number of hydrogen-bond donors (Lipinski definition) is 2. The molecule has 3 heterocycles. The van der Waals surface area contributed by atoms with Crippen LogP contribution in [0.4, 0.5) is 17.1 Å². The van der Waals surface area contributed by atoms with E-state index in [0.29, 0.717) is 22.7 Å². The lowest BCUT2D eigenvalue weighted by molar-refractivity contribution is -0.393. The minimum absolute atomic E-state index is 0.191. The van der Waals surface area contributed by atoms with Crippen molar-refractivity contribution >= 4 is 51.4 Å². The number of non-ortho nitro benzene ring substituents is 1. The molecule has 4 aliphatic carbocycles. The molecular formula is C26H25ClN8O4S. The molecule has 206 valence electrons. The molecule has 1 saturated heterocycles. The van der Waals surface area contributed by atoms with Crippen molar-refractivity contribution < 1.29 is 9.85 Å². The quantitative estimate of drug-likeness (QED) is 0.378. The fraction of sp³-hybridized carbons (Fsp3) is 0.462. The summed E-state index contributed by atoms with van der Waals surface area (Å²) >= 11 is 7.74. The zero-order valence-electron chi connectivity index (χ0n) is 21.1. The first kappa shape index (κ1) is 24.4. The Hall–Kier alpha value is -3.42. The Morgan fingerprint density at radius 3 is 2.33 bits per heavy atom. The number of hydrazone groups is 2. The van der Waals surface area contributed by atoms with Crippen molar-refractivity contribution in [3.8, 4) is 0 Å². The number of nitrogens with zero attached hydrogens (tertiary/aromatic N) is 6. The minimum Gasteiger partial charge on any atom is -0.285 e. The highest BCUT2D eigenvalue weighted by atomic mass is 35.5. The van der Waals surface area contributed by atoms with E-state index in [1.54, 1.807) is 28.9 Å². The van der Waals surface area contributed by atoms with Gasteiger partial charge in [-0.3, -0.25) is 25.7 Å². The molecule has 5 fully saturated rings. The van der Waals surface area contributed by atoms with Crippen LogP contribution in [0.1, 0.15) is 43.7 Å². The van der Waals surface area contributed by atoms with Gasteiger partial charge in [-0.15, -0.1) is 0 Å². The van der Waals surface area contributed by atoms with Crippen molar-refractivity contribution in [3.05, 3.63) is 73.3 Å². The predicted molar refractivity (Wildman–Crippen MR) is 151 cm³/mol. The maximum atomic E-state index is 12.1. The normalized spacial score (nSPS) is 34.8. The van der Waals surface area contributed by atoms with Crippen molar-refractivity contribution in [1.29, 1.82) is 0 Å². The summed E-state index contributed by atoms with van der Waals surface area (Å²) in [7, 11) is 0. The molecule has 7 aliphatic rings. The van der Waals surface area contributed by atoms with E-state index in [9.17, 15) is 20.2 Å². The van der Waals surface area contributed by atoms with Gasteiger partial charge < -0.3 is 0 Å². The summed E-state index contributed by atoms with van der Waals surface area (Å²) in [6, 6.07) is 10.6. The number of nitro groups is 2. The van der Waals surface area contributed by atoms with Crippen LogP contribution in [-0.2, 0) is 0 Å². The van der Waals surface area contributed by atoms with Crippen molar-refractivity contribution in [2.24, 2.45) is 33.9 Å². The minimum atomic E-state index is -0.633. The first-order valence-electron chi connectivity index (χ1n) is 13.5. The molecule has 12 nitrogen and oxygen atoms in total. The monoisotopic (exact) mass is 580 g/mol. The van der Waals surface area contributed by atoms with E-state index in [2.05, 4.69) is 10.9 Å². The first-order valence-corrected chi connectivity index (χ1v) is 14.7. The Labute approximate surface area is 238 Å². The standard InChI is InChI=1S/C26H25ClN8O4S/c27-18-3-1-15(2-4-18)22-23-24(29-32(22)20-6-5-19(34(36)37)12-21(20)35(38)39)33-25(40-23)28-30-26(31-33)16-8-13-7-14(10-16)11-17(26)9-13/h1-6,12-14,16-17,22-23,30-31H,7-11H2. The van der Waals surface area contributed by atoms with E-state index in [4.69, 9.17) is 21.8 Å². The number of hydrazine groups is 1. The molecule has 0 radical (unpaired) electrons. The van der Waals surface area contributed by atoms with Crippen molar-refractivity contribution in [2.75, 3.05) is 5.01 Å². The lowest BCUT2D eigenvalue weighted by atomic mass is 9.51. The first-order chi connectivity index (χ1) is 19.3. The number of fused-ring (bicyclic) bond motifs is 3. The van der Waals surface area contributed by atoms with Crippen LogP contribution in [0.2, 0.25) is 5.02 Å². The second kappa shape index (κ2) is 8.54. The molecule has 2 unspecified atom stereocenters. The van der Waals surface area contributed by atoms with Crippen LogP contribution in [0.25, 0.3) is 0 Å². The average molecular weight is 581 g/mol. The van der Waals surface area contributed by atoms with Gasteiger partial charge in [-0.1, -0.05) is 35.5 Å². The number of amidine groups is 2. The molecule has 4 bridgehead atoms. The van der Waals surface area contributed by atoms with Crippen LogP contribution in [-0.4, -0.2) is 36.8 Å². The third-order valence-electron chi connectivity index (χ3n) is 9.55. The van der Waals surface area contributed by atoms with Crippen LogP contribution in [0, 0.1) is 43.9 Å². The molecule has 2 aromatic rings. The molecule has 2 atom stereocenters. The van der Waals surface area contributed by atoms with Crippen LogP contribution in [0.5, 0.6) is 0 Å². The van der Waals surface area contributed by atoms with E-state index in [0.717, 1.165) is 28.6 Å². The van der Waals surface area contributed by atoms with Gasteiger partial charge in [-0.25, -0.2) is 10.0 Å². The Balaban J connectivity index is 1.22. The Morgan fingerprint density at radius 1 is 0.975 bits per heavy atom.